The molecule has 0 N–H and O–H groups in total. The maximum Gasteiger partial charge on any atom is 2.00 e. The van der Waals surface area contributed by atoms with Crippen LogP contribution in [0.3, 0.4) is 0 Å². The second kappa shape index (κ2) is 7.18. The summed E-state index contributed by atoms with van der Waals surface area (Å²) < 4.78 is 34.0. The molecule has 0 aliphatic rings. The maximum absolute atomic E-state index is 8.49. The first-order valence-corrected chi connectivity index (χ1v) is 2.40. The van der Waals surface area contributed by atoms with E-state index in [9.17, 15) is 0 Å². The van der Waals surface area contributed by atoms with Crippen LogP contribution in [0.5, 0.6) is 0 Å². The zero-order valence-electron chi connectivity index (χ0n) is 3.98. The number of halogens is 1. The molecular formula is AgClNO7. The normalized spacial score (nSPS) is 8.40. The average Bonchev–Trinajstić information content (AvgIpc) is 1.19. The number of rotatable bonds is 0. The molecule has 0 atom stereocenters. The molecule has 1 radical (unpaired) electrons. The summed E-state index contributed by atoms with van der Waals surface area (Å²) in [5.74, 6) is 0. The first-order chi connectivity index (χ1) is 3.73. The largest absolute Gasteiger partial charge is 2.00 e. The minimum absolute atomic E-state index is 0. The second-order valence-corrected chi connectivity index (χ2v) is 1.36. The van der Waals surface area contributed by atoms with Crippen LogP contribution in [-0.2, 0) is 22.4 Å². The molecule has 65 valence electrons. The molecule has 0 heterocycles. The van der Waals surface area contributed by atoms with Crippen molar-refractivity contribution in [2.45, 2.75) is 0 Å². The van der Waals surface area contributed by atoms with E-state index in [-0.39, 0.29) is 22.4 Å². The van der Waals surface area contributed by atoms with E-state index in [4.69, 9.17) is 34.0 Å². The van der Waals surface area contributed by atoms with E-state index in [0.717, 1.165) is 0 Å². The maximum atomic E-state index is 8.49. The van der Waals surface area contributed by atoms with Crippen LogP contribution in [0, 0.1) is 25.6 Å². The van der Waals surface area contributed by atoms with Crippen LogP contribution in [0.4, 0.5) is 0 Å². The van der Waals surface area contributed by atoms with Crippen LogP contribution in [0.25, 0.3) is 0 Å². The Kier molecular flexibility index (Phi) is 11.9. The minimum Gasteiger partial charge on any atom is -0.356 e. The van der Waals surface area contributed by atoms with Gasteiger partial charge in [0.05, 0.1) is 5.09 Å². The monoisotopic (exact) mass is 268 g/mol. The molecule has 8 nitrogen and oxygen atoms in total. The fourth-order valence-corrected chi connectivity index (χ4v) is 0. The number of nitrogens with zero attached hydrogens (tertiary/aromatic N) is 1. The molecule has 0 saturated heterocycles. The van der Waals surface area contributed by atoms with Crippen molar-refractivity contribution in [3.8, 4) is 0 Å². The summed E-state index contributed by atoms with van der Waals surface area (Å²) in [7, 11) is -4.94. The van der Waals surface area contributed by atoms with Crippen molar-refractivity contribution in [3.63, 3.8) is 0 Å². The van der Waals surface area contributed by atoms with E-state index in [2.05, 4.69) is 0 Å². The quantitative estimate of drug-likeness (QED) is 0.242. The first-order valence-electron chi connectivity index (χ1n) is 1.16. The molecule has 0 aromatic rings. The van der Waals surface area contributed by atoms with E-state index >= 15 is 0 Å². The molecule has 0 spiro atoms. The molecule has 0 aliphatic heterocycles. The SMILES string of the molecule is O=[N+]([O-])[O-].[Ag+2].[O-][Cl+3]([O-])([O-])[O-]. The van der Waals surface area contributed by atoms with Crippen LogP contribution < -0.4 is 18.6 Å². The number of hydrogen-bond acceptors (Lipinski definition) is 7. The average molecular weight is 269 g/mol. The van der Waals surface area contributed by atoms with Crippen LogP contribution in [0.1, 0.15) is 0 Å². The fourth-order valence-electron chi connectivity index (χ4n) is 0. The zero-order valence-corrected chi connectivity index (χ0v) is 6.22. The van der Waals surface area contributed by atoms with Crippen molar-refractivity contribution in [3.05, 3.63) is 15.3 Å². The van der Waals surface area contributed by atoms with Gasteiger partial charge in [0.25, 0.3) is 0 Å². The van der Waals surface area contributed by atoms with Gasteiger partial charge in [-0.15, -0.1) is 10.2 Å². The van der Waals surface area contributed by atoms with Crippen molar-refractivity contribution in [2.75, 3.05) is 0 Å². The van der Waals surface area contributed by atoms with Crippen LogP contribution in [0.2, 0.25) is 0 Å². The summed E-state index contributed by atoms with van der Waals surface area (Å²) in [6.07, 6.45) is 0. The third kappa shape index (κ3) is 81700. The van der Waals surface area contributed by atoms with Gasteiger partial charge < -0.3 is 15.3 Å². The second-order valence-electron chi connectivity index (χ2n) is 0.602. The van der Waals surface area contributed by atoms with Crippen molar-refractivity contribution < 1.29 is 56.3 Å². The summed E-state index contributed by atoms with van der Waals surface area (Å²) in [6.45, 7) is 0. The van der Waals surface area contributed by atoms with Crippen LogP contribution >= 0.6 is 0 Å². The van der Waals surface area contributed by atoms with E-state index in [1.165, 1.54) is 0 Å². The Hall–Kier alpha value is 0.0703. The van der Waals surface area contributed by atoms with Gasteiger partial charge >= 0.3 is 22.4 Å². The summed E-state index contributed by atoms with van der Waals surface area (Å²) in [4.78, 5) is 8.25. The van der Waals surface area contributed by atoms with Gasteiger partial charge in [-0.1, -0.05) is 0 Å². The van der Waals surface area contributed by atoms with Gasteiger partial charge in [-0.05, 0) is 0 Å². The van der Waals surface area contributed by atoms with Gasteiger partial charge in [-0.3, -0.25) is 0 Å². The van der Waals surface area contributed by atoms with Gasteiger partial charge in [0.1, 0.15) is 0 Å². The fraction of sp³-hybridized carbons (Fsp3) is 0. The molecule has 10 heteroatoms. The molecule has 0 bridgehead atoms. The van der Waals surface area contributed by atoms with Crippen molar-refractivity contribution in [1.29, 1.82) is 0 Å². The van der Waals surface area contributed by atoms with E-state index in [1.54, 1.807) is 0 Å². The molecule has 0 unspecified atom stereocenters. The van der Waals surface area contributed by atoms with Crippen LogP contribution in [-0.4, -0.2) is 5.09 Å². The van der Waals surface area contributed by atoms with Crippen molar-refractivity contribution >= 4 is 0 Å². The summed E-state index contributed by atoms with van der Waals surface area (Å²) in [6, 6.07) is 0. The van der Waals surface area contributed by atoms with Gasteiger partial charge in [0.2, 0.25) is 0 Å². The Bertz CT molecular complexity index is 76.1. The van der Waals surface area contributed by atoms with Gasteiger partial charge in [0.15, 0.2) is 0 Å². The van der Waals surface area contributed by atoms with Crippen molar-refractivity contribution in [2.24, 2.45) is 0 Å². The topological polar surface area (TPSA) is 158 Å². The molecular weight excluding hydrogens is 269 g/mol. The third-order valence-corrected chi connectivity index (χ3v) is 0. The van der Waals surface area contributed by atoms with Gasteiger partial charge in [-0.2, -0.15) is 0 Å². The molecule has 0 fully saturated rings. The molecule has 0 amide bonds. The van der Waals surface area contributed by atoms with Gasteiger partial charge in [-0.25, -0.2) is 18.6 Å². The predicted octanol–water partition coefficient (Wildman–Crippen LogP) is -5.00. The Balaban J connectivity index is -0.0000000910. The minimum atomic E-state index is -4.94. The molecule has 0 aromatic heterocycles. The summed E-state index contributed by atoms with van der Waals surface area (Å²) >= 11 is 0. The van der Waals surface area contributed by atoms with E-state index < -0.39 is 15.3 Å². The Morgan fingerprint density at radius 2 is 1.00 bits per heavy atom. The standard InChI is InChI=1S/Ag.ClHO4.NO3/c;2-1(3,4)5;2-1(3)4/h;(H,2,3,4,5);/q+2;;-1/p-1. The van der Waals surface area contributed by atoms with Gasteiger partial charge in [0, 0.05) is 0 Å². The summed E-state index contributed by atoms with van der Waals surface area (Å²) in [5.41, 5.74) is 0. The third-order valence-electron chi connectivity index (χ3n) is 0. The first kappa shape index (κ1) is 16.6. The van der Waals surface area contributed by atoms with Crippen molar-refractivity contribution in [1.82, 2.24) is 0 Å². The zero-order chi connectivity index (χ0) is 8.08. The Morgan fingerprint density at radius 1 is 1.00 bits per heavy atom. The number of hydrogen-bond donors (Lipinski definition) is 0. The Labute approximate surface area is 72.1 Å². The predicted molar refractivity (Wildman–Crippen MR) is 10.4 cm³/mol. The molecule has 10 heavy (non-hydrogen) atoms. The van der Waals surface area contributed by atoms with E-state index in [0.29, 0.717) is 0 Å². The summed E-state index contributed by atoms with van der Waals surface area (Å²) in [5, 5.41) is 14.8. The molecule has 0 aliphatic carbocycles. The smallest absolute Gasteiger partial charge is 0.356 e. The van der Waals surface area contributed by atoms with E-state index in [1.807, 2.05) is 0 Å². The van der Waals surface area contributed by atoms with Crippen LogP contribution in [0.15, 0.2) is 0 Å². The molecule has 0 aromatic carbocycles. The molecule has 0 rings (SSSR count). The Morgan fingerprint density at radius 3 is 1.00 bits per heavy atom. The molecule has 0 saturated carbocycles.